The van der Waals surface area contributed by atoms with Crippen molar-refractivity contribution in [1.29, 1.82) is 0 Å². The van der Waals surface area contributed by atoms with E-state index in [9.17, 15) is 0 Å². The Morgan fingerprint density at radius 1 is 1.29 bits per heavy atom. The van der Waals surface area contributed by atoms with Crippen LogP contribution in [0.15, 0.2) is 6.07 Å². The predicted molar refractivity (Wildman–Crippen MR) is 72.3 cm³/mol. The predicted octanol–water partition coefficient (Wildman–Crippen LogP) is 1.75. The lowest BCUT2D eigenvalue weighted by molar-refractivity contribution is 0.755. The van der Waals surface area contributed by atoms with Gasteiger partial charge in [0, 0.05) is 24.7 Å². The molecule has 0 spiro atoms. The highest BCUT2D eigenvalue weighted by molar-refractivity contribution is 5.48. The average Bonchev–Trinajstić information content (AvgIpc) is 2.25. The molecule has 2 atom stereocenters. The Balaban J connectivity index is 2.72. The van der Waals surface area contributed by atoms with Crippen molar-refractivity contribution in [3.8, 4) is 0 Å². The van der Waals surface area contributed by atoms with Crippen LogP contribution in [0.2, 0.25) is 0 Å². The standard InChI is InChI=1S/C12H23N5/c1-5-9(3)15-12-6-11(14-7-8(2)13)16-10(4)17-12/h6,8-9H,5,7,13H2,1-4H3,(H2,14,15,16,17). The van der Waals surface area contributed by atoms with Crippen molar-refractivity contribution >= 4 is 11.6 Å². The van der Waals surface area contributed by atoms with Crippen molar-refractivity contribution in [2.45, 2.75) is 46.2 Å². The van der Waals surface area contributed by atoms with Crippen LogP contribution < -0.4 is 16.4 Å². The number of hydrogen-bond donors (Lipinski definition) is 3. The van der Waals surface area contributed by atoms with Crippen molar-refractivity contribution in [3.63, 3.8) is 0 Å². The van der Waals surface area contributed by atoms with Crippen LogP contribution in [0.4, 0.5) is 11.6 Å². The second kappa shape index (κ2) is 6.39. The zero-order chi connectivity index (χ0) is 12.8. The van der Waals surface area contributed by atoms with Gasteiger partial charge in [0.15, 0.2) is 0 Å². The third kappa shape index (κ3) is 4.99. The number of aromatic nitrogens is 2. The molecular formula is C12H23N5. The lowest BCUT2D eigenvalue weighted by atomic mass is 10.2. The maximum absolute atomic E-state index is 5.70. The van der Waals surface area contributed by atoms with Gasteiger partial charge in [0.25, 0.3) is 0 Å². The molecule has 2 unspecified atom stereocenters. The van der Waals surface area contributed by atoms with Gasteiger partial charge in [-0.15, -0.1) is 0 Å². The summed E-state index contributed by atoms with van der Waals surface area (Å²) in [4.78, 5) is 8.68. The summed E-state index contributed by atoms with van der Waals surface area (Å²) in [6.45, 7) is 8.82. The molecular weight excluding hydrogens is 214 g/mol. The van der Waals surface area contributed by atoms with E-state index in [2.05, 4.69) is 34.4 Å². The summed E-state index contributed by atoms with van der Waals surface area (Å²) >= 11 is 0. The zero-order valence-electron chi connectivity index (χ0n) is 11.1. The van der Waals surface area contributed by atoms with E-state index >= 15 is 0 Å². The molecule has 5 nitrogen and oxygen atoms in total. The molecule has 0 bridgehead atoms. The molecule has 0 amide bonds. The van der Waals surface area contributed by atoms with Crippen LogP contribution in [0, 0.1) is 6.92 Å². The maximum atomic E-state index is 5.70. The first-order chi connectivity index (χ1) is 8.01. The second-order valence-electron chi connectivity index (χ2n) is 4.50. The fourth-order valence-electron chi connectivity index (χ4n) is 1.35. The maximum Gasteiger partial charge on any atom is 0.132 e. The smallest absolute Gasteiger partial charge is 0.132 e. The molecule has 0 aliphatic heterocycles. The van der Waals surface area contributed by atoms with Gasteiger partial charge in [0.1, 0.15) is 17.5 Å². The molecule has 4 N–H and O–H groups in total. The summed E-state index contributed by atoms with van der Waals surface area (Å²) in [5.74, 6) is 2.44. The molecule has 1 aromatic rings. The lowest BCUT2D eigenvalue weighted by Crippen LogP contribution is -2.25. The van der Waals surface area contributed by atoms with Crippen molar-refractivity contribution < 1.29 is 0 Å². The van der Waals surface area contributed by atoms with Crippen LogP contribution in [0.1, 0.15) is 33.0 Å². The monoisotopic (exact) mass is 237 g/mol. The summed E-state index contributed by atoms with van der Waals surface area (Å²) < 4.78 is 0. The third-order valence-electron chi connectivity index (χ3n) is 2.45. The van der Waals surface area contributed by atoms with Gasteiger partial charge in [-0.05, 0) is 27.2 Å². The van der Waals surface area contributed by atoms with Crippen LogP contribution in [-0.4, -0.2) is 28.6 Å². The fourth-order valence-corrected chi connectivity index (χ4v) is 1.35. The topological polar surface area (TPSA) is 75.9 Å². The van der Waals surface area contributed by atoms with Crippen LogP contribution in [0.5, 0.6) is 0 Å². The number of aryl methyl sites for hydroxylation is 1. The normalized spacial score (nSPS) is 14.2. The highest BCUT2D eigenvalue weighted by atomic mass is 15.1. The Kier molecular flexibility index (Phi) is 5.15. The van der Waals surface area contributed by atoms with Gasteiger partial charge < -0.3 is 16.4 Å². The summed E-state index contributed by atoms with van der Waals surface area (Å²) in [7, 11) is 0. The van der Waals surface area contributed by atoms with Crippen molar-refractivity contribution in [1.82, 2.24) is 9.97 Å². The van der Waals surface area contributed by atoms with Gasteiger partial charge in [-0.25, -0.2) is 9.97 Å². The Hall–Kier alpha value is -1.36. The van der Waals surface area contributed by atoms with E-state index in [1.165, 1.54) is 0 Å². The summed E-state index contributed by atoms with van der Waals surface area (Å²) in [5, 5.41) is 6.54. The van der Waals surface area contributed by atoms with Crippen LogP contribution in [-0.2, 0) is 0 Å². The third-order valence-corrected chi connectivity index (χ3v) is 2.45. The molecule has 0 aliphatic carbocycles. The quantitative estimate of drug-likeness (QED) is 0.703. The Morgan fingerprint density at radius 3 is 2.53 bits per heavy atom. The number of anilines is 2. The Bertz CT molecular complexity index is 351. The van der Waals surface area contributed by atoms with E-state index in [-0.39, 0.29) is 6.04 Å². The number of nitrogens with one attached hydrogen (secondary N) is 2. The Labute approximate surface area is 103 Å². The zero-order valence-corrected chi connectivity index (χ0v) is 11.1. The molecule has 0 fully saturated rings. The van der Waals surface area contributed by atoms with Crippen molar-refractivity contribution in [2.24, 2.45) is 5.73 Å². The molecule has 1 aromatic heterocycles. The first kappa shape index (κ1) is 13.7. The number of hydrogen-bond acceptors (Lipinski definition) is 5. The largest absolute Gasteiger partial charge is 0.368 e. The summed E-state index contributed by atoms with van der Waals surface area (Å²) in [5.41, 5.74) is 5.70. The first-order valence-corrected chi connectivity index (χ1v) is 6.13. The molecule has 1 rings (SSSR count). The highest BCUT2D eigenvalue weighted by Crippen LogP contribution is 2.12. The van der Waals surface area contributed by atoms with E-state index in [0.717, 1.165) is 23.9 Å². The number of nitrogens with zero attached hydrogens (tertiary/aromatic N) is 2. The minimum atomic E-state index is 0.108. The SMILES string of the molecule is CCC(C)Nc1cc(NCC(C)N)nc(C)n1. The van der Waals surface area contributed by atoms with E-state index in [1.54, 1.807) is 0 Å². The van der Waals surface area contributed by atoms with Gasteiger partial charge >= 0.3 is 0 Å². The number of rotatable bonds is 6. The second-order valence-corrected chi connectivity index (χ2v) is 4.50. The van der Waals surface area contributed by atoms with E-state index < -0.39 is 0 Å². The highest BCUT2D eigenvalue weighted by Gasteiger charge is 2.04. The van der Waals surface area contributed by atoms with Crippen LogP contribution in [0.3, 0.4) is 0 Å². The van der Waals surface area contributed by atoms with Gasteiger partial charge in [-0.2, -0.15) is 0 Å². The first-order valence-electron chi connectivity index (χ1n) is 6.13. The molecule has 0 saturated carbocycles. The minimum absolute atomic E-state index is 0.108. The Morgan fingerprint density at radius 2 is 1.94 bits per heavy atom. The van der Waals surface area contributed by atoms with E-state index in [4.69, 9.17) is 5.73 Å². The summed E-state index contributed by atoms with van der Waals surface area (Å²) in [6, 6.07) is 2.43. The molecule has 96 valence electrons. The number of nitrogens with two attached hydrogens (primary N) is 1. The van der Waals surface area contributed by atoms with Crippen molar-refractivity contribution in [3.05, 3.63) is 11.9 Å². The molecule has 1 heterocycles. The molecule has 0 aliphatic rings. The molecule has 0 saturated heterocycles. The van der Waals surface area contributed by atoms with Crippen LogP contribution in [0.25, 0.3) is 0 Å². The molecule has 5 heteroatoms. The lowest BCUT2D eigenvalue weighted by Gasteiger charge is -2.14. The molecule has 17 heavy (non-hydrogen) atoms. The van der Waals surface area contributed by atoms with Gasteiger partial charge in [0.05, 0.1) is 0 Å². The molecule has 0 radical (unpaired) electrons. The van der Waals surface area contributed by atoms with Crippen molar-refractivity contribution in [2.75, 3.05) is 17.2 Å². The fraction of sp³-hybridized carbons (Fsp3) is 0.667. The van der Waals surface area contributed by atoms with Gasteiger partial charge in [-0.1, -0.05) is 6.92 Å². The van der Waals surface area contributed by atoms with Gasteiger partial charge in [-0.3, -0.25) is 0 Å². The average molecular weight is 237 g/mol. The van der Waals surface area contributed by atoms with E-state index in [0.29, 0.717) is 12.6 Å². The minimum Gasteiger partial charge on any atom is -0.368 e. The molecule has 0 aromatic carbocycles. The van der Waals surface area contributed by atoms with Gasteiger partial charge in [0.2, 0.25) is 0 Å². The van der Waals surface area contributed by atoms with Crippen LogP contribution >= 0.6 is 0 Å². The van der Waals surface area contributed by atoms with E-state index in [1.807, 2.05) is 19.9 Å². The summed E-state index contributed by atoms with van der Waals surface area (Å²) in [6.07, 6.45) is 1.06.